The molecule has 0 atom stereocenters. The topological polar surface area (TPSA) is 82.6 Å². The Labute approximate surface area is 153 Å². The van der Waals surface area contributed by atoms with Crippen molar-refractivity contribution in [3.63, 3.8) is 0 Å². The van der Waals surface area contributed by atoms with Gasteiger partial charge in [0.05, 0.1) is 19.4 Å². The van der Waals surface area contributed by atoms with Gasteiger partial charge in [0, 0.05) is 32.9 Å². The van der Waals surface area contributed by atoms with Crippen molar-refractivity contribution in [3.05, 3.63) is 36.0 Å². The second-order valence-corrected chi connectivity index (χ2v) is 6.35. The van der Waals surface area contributed by atoms with Gasteiger partial charge < -0.3 is 25.2 Å². The number of nitrogens with one attached hydrogen (secondary N) is 2. The maximum Gasteiger partial charge on any atom is 0.323 e. The first-order valence-corrected chi connectivity index (χ1v) is 8.54. The highest BCUT2D eigenvalue weighted by Gasteiger charge is 2.18. The summed E-state index contributed by atoms with van der Waals surface area (Å²) in [5.41, 5.74) is 2.37. The van der Waals surface area contributed by atoms with Crippen molar-refractivity contribution < 1.29 is 9.53 Å². The fraction of sp³-hybridized carbons (Fsp3) is 0.389. The normalized spacial score (nSPS) is 14.0. The maximum atomic E-state index is 12.3. The van der Waals surface area contributed by atoms with Crippen LogP contribution in [0.4, 0.5) is 27.9 Å². The monoisotopic (exact) mass is 356 g/mol. The molecule has 1 aliphatic heterocycles. The standard InChI is InChI=1S/C18H24N6O2/c1-13-5-4-6-14(11-13)20-18(25)21-15-12-19-17(22-16(15)23(2)3)24-7-9-26-10-8-24/h4-6,11-12H,7-10H2,1-3H3,(H2,20,21,25). The second-order valence-electron chi connectivity index (χ2n) is 6.35. The Morgan fingerprint density at radius 3 is 2.69 bits per heavy atom. The Kier molecular flexibility index (Phi) is 5.52. The number of benzene rings is 1. The van der Waals surface area contributed by atoms with Crippen LogP contribution in [0.3, 0.4) is 0 Å². The molecule has 1 aromatic heterocycles. The maximum absolute atomic E-state index is 12.3. The smallest absolute Gasteiger partial charge is 0.323 e. The number of hydrogen-bond acceptors (Lipinski definition) is 6. The Morgan fingerprint density at radius 2 is 2.00 bits per heavy atom. The van der Waals surface area contributed by atoms with Crippen molar-refractivity contribution >= 4 is 29.2 Å². The molecule has 2 aromatic rings. The first kappa shape index (κ1) is 17.9. The number of morpholine rings is 1. The van der Waals surface area contributed by atoms with Crippen molar-refractivity contribution in [1.29, 1.82) is 0 Å². The van der Waals surface area contributed by atoms with E-state index in [1.807, 2.05) is 50.2 Å². The molecule has 8 heteroatoms. The van der Waals surface area contributed by atoms with Crippen LogP contribution in [0.1, 0.15) is 5.56 Å². The zero-order valence-electron chi connectivity index (χ0n) is 15.3. The van der Waals surface area contributed by atoms with Gasteiger partial charge in [-0.1, -0.05) is 12.1 Å². The number of amides is 2. The van der Waals surface area contributed by atoms with Gasteiger partial charge in [-0.2, -0.15) is 4.98 Å². The molecule has 0 radical (unpaired) electrons. The average Bonchev–Trinajstić information content (AvgIpc) is 2.62. The lowest BCUT2D eigenvalue weighted by molar-refractivity contribution is 0.122. The highest BCUT2D eigenvalue weighted by molar-refractivity contribution is 6.01. The predicted molar refractivity (Wildman–Crippen MR) is 103 cm³/mol. The summed E-state index contributed by atoms with van der Waals surface area (Å²) in [5, 5.41) is 5.65. The van der Waals surface area contributed by atoms with Crippen LogP contribution in [0.5, 0.6) is 0 Å². The van der Waals surface area contributed by atoms with E-state index in [-0.39, 0.29) is 6.03 Å². The summed E-state index contributed by atoms with van der Waals surface area (Å²) in [7, 11) is 3.77. The summed E-state index contributed by atoms with van der Waals surface area (Å²) in [6.45, 7) is 4.82. The van der Waals surface area contributed by atoms with E-state index >= 15 is 0 Å². The molecule has 0 bridgehead atoms. The predicted octanol–water partition coefficient (Wildman–Crippen LogP) is 2.33. The number of rotatable bonds is 4. The molecule has 0 saturated carbocycles. The third-order valence-electron chi connectivity index (χ3n) is 4.00. The van der Waals surface area contributed by atoms with Crippen molar-refractivity contribution in [1.82, 2.24) is 9.97 Å². The zero-order valence-corrected chi connectivity index (χ0v) is 15.3. The van der Waals surface area contributed by atoms with E-state index < -0.39 is 0 Å². The molecule has 26 heavy (non-hydrogen) atoms. The lowest BCUT2D eigenvalue weighted by Gasteiger charge is -2.28. The van der Waals surface area contributed by atoms with E-state index in [1.165, 1.54) is 0 Å². The van der Waals surface area contributed by atoms with E-state index in [9.17, 15) is 4.79 Å². The molecule has 1 aliphatic rings. The van der Waals surface area contributed by atoms with Crippen LogP contribution in [-0.2, 0) is 4.74 Å². The van der Waals surface area contributed by atoms with Crippen LogP contribution in [0, 0.1) is 6.92 Å². The van der Waals surface area contributed by atoms with Crippen molar-refractivity contribution in [2.24, 2.45) is 0 Å². The third kappa shape index (κ3) is 4.40. The van der Waals surface area contributed by atoms with Gasteiger partial charge in [-0.05, 0) is 24.6 Å². The number of aromatic nitrogens is 2. The van der Waals surface area contributed by atoms with Crippen molar-refractivity contribution in [2.45, 2.75) is 6.92 Å². The Bertz CT molecular complexity index is 774. The average molecular weight is 356 g/mol. The number of urea groups is 1. The van der Waals surface area contributed by atoms with Gasteiger partial charge >= 0.3 is 6.03 Å². The molecule has 0 unspecified atom stereocenters. The summed E-state index contributed by atoms with van der Waals surface area (Å²) >= 11 is 0. The number of anilines is 4. The summed E-state index contributed by atoms with van der Waals surface area (Å²) < 4.78 is 5.37. The molecule has 2 amide bonds. The van der Waals surface area contributed by atoms with Gasteiger partial charge in [-0.3, -0.25) is 0 Å². The fourth-order valence-corrected chi connectivity index (χ4v) is 2.72. The lowest BCUT2D eigenvalue weighted by atomic mass is 10.2. The van der Waals surface area contributed by atoms with Crippen LogP contribution < -0.4 is 20.4 Å². The van der Waals surface area contributed by atoms with E-state index in [2.05, 4.69) is 25.5 Å². The Hall–Kier alpha value is -2.87. The molecular weight excluding hydrogens is 332 g/mol. The van der Waals surface area contributed by atoms with Gasteiger partial charge in [0.25, 0.3) is 0 Å². The van der Waals surface area contributed by atoms with Gasteiger partial charge in [0.1, 0.15) is 5.69 Å². The molecule has 1 fully saturated rings. The molecule has 3 rings (SSSR count). The van der Waals surface area contributed by atoms with Gasteiger partial charge in [-0.15, -0.1) is 0 Å². The minimum absolute atomic E-state index is 0.332. The summed E-state index contributed by atoms with van der Waals surface area (Å²) in [4.78, 5) is 25.3. The van der Waals surface area contributed by atoms with Crippen LogP contribution in [0.2, 0.25) is 0 Å². The first-order chi connectivity index (χ1) is 12.5. The van der Waals surface area contributed by atoms with Gasteiger partial charge in [-0.25, -0.2) is 9.78 Å². The quantitative estimate of drug-likeness (QED) is 0.875. The molecule has 1 saturated heterocycles. The number of carbonyl (C=O) groups is 1. The number of aryl methyl sites for hydroxylation is 1. The number of nitrogens with zero attached hydrogens (tertiary/aromatic N) is 4. The molecular formula is C18H24N6O2. The second kappa shape index (κ2) is 8.01. The number of hydrogen-bond donors (Lipinski definition) is 2. The molecule has 1 aromatic carbocycles. The fourth-order valence-electron chi connectivity index (χ4n) is 2.72. The van der Waals surface area contributed by atoms with E-state index in [0.717, 1.165) is 24.3 Å². The van der Waals surface area contributed by atoms with Crippen LogP contribution in [-0.4, -0.2) is 56.4 Å². The van der Waals surface area contributed by atoms with Crippen molar-refractivity contribution in [2.75, 3.05) is 60.8 Å². The van der Waals surface area contributed by atoms with Gasteiger partial charge in [0.15, 0.2) is 5.82 Å². The molecule has 0 aliphatic carbocycles. The Balaban J connectivity index is 1.74. The van der Waals surface area contributed by atoms with Crippen LogP contribution in [0.15, 0.2) is 30.5 Å². The molecule has 138 valence electrons. The lowest BCUT2D eigenvalue weighted by Crippen LogP contribution is -2.37. The van der Waals surface area contributed by atoms with E-state index in [1.54, 1.807) is 6.20 Å². The van der Waals surface area contributed by atoms with Crippen LogP contribution >= 0.6 is 0 Å². The molecule has 2 N–H and O–H groups in total. The first-order valence-electron chi connectivity index (χ1n) is 8.54. The zero-order chi connectivity index (χ0) is 18.5. The van der Waals surface area contributed by atoms with E-state index in [4.69, 9.17) is 4.74 Å². The minimum atomic E-state index is -0.332. The highest BCUT2D eigenvalue weighted by atomic mass is 16.5. The van der Waals surface area contributed by atoms with Gasteiger partial charge in [0.2, 0.25) is 5.95 Å². The third-order valence-corrected chi connectivity index (χ3v) is 4.00. The SMILES string of the molecule is Cc1cccc(NC(=O)Nc2cnc(N3CCOCC3)nc2N(C)C)c1. The number of carbonyl (C=O) groups excluding carboxylic acids is 1. The summed E-state index contributed by atoms with van der Waals surface area (Å²) in [6.07, 6.45) is 1.64. The highest BCUT2D eigenvalue weighted by Crippen LogP contribution is 2.24. The molecule has 0 spiro atoms. The summed E-state index contributed by atoms with van der Waals surface area (Å²) in [5.74, 6) is 1.29. The van der Waals surface area contributed by atoms with Crippen molar-refractivity contribution in [3.8, 4) is 0 Å². The molecule has 8 nitrogen and oxygen atoms in total. The molecule has 2 heterocycles. The number of ether oxygens (including phenoxy) is 1. The Morgan fingerprint density at radius 1 is 1.23 bits per heavy atom. The minimum Gasteiger partial charge on any atom is -0.378 e. The van der Waals surface area contributed by atoms with Crippen LogP contribution in [0.25, 0.3) is 0 Å². The largest absolute Gasteiger partial charge is 0.378 e. The van der Waals surface area contributed by atoms with E-state index in [0.29, 0.717) is 30.7 Å². The summed E-state index contributed by atoms with van der Waals surface area (Å²) in [6, 6.07) is 7.30.